The Kier molecular flexibility index (Phi) is 5.15. The van der Waals surface area contributed by atoms with Crippen LogP contribution in [0.4, 0.5) is 0 Å². The van der Waals surface area contributed by atoms with Crippen LogP contribution in [0.15, 0.2) is 66.7 Å². The molecule has 0 saturated heterocycles. The fraction of sp³-hybridized carbons (Fsp3) is 0.227. The van der Waals surface area contributed by atoms with E-state index in [9.17, 15) is 4.79 Å². The zero-order valence-electron chi connectivity index (χ0n) is 14.7. The first-order valence-electron chi connectivity index (χ1n) is 8.63. The van der Waals surface area contributed by atoms with Crippen molar-refractivity contribution in [2.45, 2.75) is 32.4 Å². The molecule has 0 heterocycles. The Morgan fingerprint density at radius 1 is 1.00 bits per heavy atom. The number of hydrogen-bond acceptors (Lipinski definition) is 2. The molecule has 1 amide bonds. The number of amides is 1. The molecule has 3 heteroatoms. The van der Waals surface area contributed by atoms with Crippen molar-refractivity contribution < 1.29 is 4.79 Å². The van der Waals surface area contributed by atoms with Crippen LogP contribution in [0, 0.1) is 6.92 Å². The Balaban J connectivity index is 1.63. The van der Waals surface area contributed by atoms with E-state index in [4.69, 9.17) is 5.73 Å². The molecule has 0 bridgehead atoms. The van der Waals surface area contributed by atoms with Crippen LogP contribution in [0.3, 0.4) is 0 Å². The maximum absolute atomic E-state index is 12.5. The molecule has 3 N–H and O–H groups in total. The Bertz CT molecular complexity index is 871. The summed E-state index contributed by atoms with van der Waals surface area (Å²) >= 11 is 0. The fourth-order valence-electron chi connectivity index (χ4n) is 2.98. The van der Waals surface area contributed by atoms with Gasteiger partial charge in [-0.15, -0.1) is 0 Å². The normalized spacial score (nSPS) is 13.4. The molecule has 3 aromatic rings. The van der Waals surface area contributed by atoms with Crippen LogP contribution in [0.2, 0.25) is 0 Å². The second-order valence-corrected chi connectivity index (χ2v) is 6.63. The highest BCUT2D eigenvalue weighted by Gasteiger charge is 2.17. The van der Waals surface area contributed by atoms with E-state index >= 15 is 0 Å². The maximum atomic E-state index is 12.5. The molecule has 3 nitrogen and oxygen atoms in total. The van der Waals surface area contributed by atoms with E-state index in [0.29, 0.717) is 6.42 Å². The van der Waals surface area contributed by atoms with Gasteiger partial charge < -0.3 is 11.1 Å². The van der Waals surface area contributed by atoms with E-state index in [1.165, 1.54) is 16.3 Å². The number of nitrogens with one attached hydrogen (secondary N) is 1. The number of hydrogen-bond donors (Lipinski definition) is 2. The first-order valence-corrected chi connectivity index (χ1v) is 8.63. The van der Waals surface area contributed by atoms with Crippen LogP contribution in [0.5, 0.6) is 0 Å². The van der Waals surface area contributed by atoms with Crippen molar-refractivity contribution >= 4 is 16.7 Å². The summed E-state index contributed by atoms with van der Waals surface area (Å²) in [6.07, 6.45) is 0.207. The lowest BCUT2D eigenvalue weighted by molar-refractivity contribution is -0.122. The highest BCUT2D eigenvalue weighted by atomic mass is 16.2. The number of carbonyl (C=O) groups excluding carboxylic acids is 1. The van der Waals surface area contributed by atoms with Gasteiger partial charge in [-0.1, -0.05) is 72.3 Å². The first-order chi connectivity index (χ1) is 12.0. The molecule has 0 spiro atoms. The highest BCUT2D eigenvalue weighted by molar-refractivity contribution is 5.84. The van der Waals surface area contributed by atoms with Gasteiger partial charge in [-0.05, 0) is 35.7 Å². The summed E-state index contributed by atoms with van der Waals surface area (Å²) in [6, 6.07) is 22.5. The number of rotatable bonds is 5. The summed E-state index contributed by atoms with van der Waals surface area (Å²) in [5.74, 6) is -0.264. The SMILES string of the molecule is Cc1ccc(C(C)C(=O)NC(N)Cc2ccc3ccccc3c2)cc1. The van der Waals surface area contributed by atoms with E-state index in [1.54, 1.807) is 0 Å². The molecule has 0 aromatic heterocycles. The van der Waals surface area contributed by atoms with Gasteiger partial charge in [0.25, 0.3) is 0 Å². The Labute approximate surface area is 148 Å². The molecule has 128 valence electrons. The van der Waals surface area contributed by atoms with Gasteiger partial charge in [0.05, 0.1) is 12.1 Å². The lowest BCUT2D eigenvalue weighted by atomic mass is 9.99. The minimum absolute atomic E-state index is 0.0443. The molecule has 3 rings (SSSR count). The van der Waals surface area contributed by atoms with Crippen molar-refractivity contribution in [3.8, 4) is 0 Å². The minimum atomic E-state index is -0.401. The zero-order chi connectivity index (χ0) is 17.8. The van der Waals surface area contributed by atoms with Crippen LogP contribution >= 0.6 is 0 Å². The highest BCUT2D eigenvalue weighted by Crippen LogP contribution is 2.18. The third kappa shape index (κ3) is 4.25. The summed E-state index contributed by atoms with van der Waals surface area (Å²) in [5.41, 5.74) is 9.46. The van der Waals surface area contributed by atoms with Crippen molar-refractivity contribution in [1.82, 2.24) is 5.32 Å². The Morgan fingerprint density at radius 2 is 1.68 bits per heavy atom. The largest absolute Gasteiger partial charge is 0.340 e. The average molecular weight is 332 g/mol. The van der Waals surface area contributed by atoms with Crippen LogP contribution in [-0.4, -0.2) is 12.1 Å². The standard InChI is InChI=1S/C22H24N2O/c1-15-7-10-18(11-8-15)16(2)22(25)24-21(23)14-17-9-12-19-5-3-4-6-20(19)13-17/h3-13,16,21H,14,23H2,1-2H3,(H,24,25). The van der Waals surface area contributed by atoms with Crippen molar-refractivity contribution in [3.05, 3.63) is 83.4 Å². The van der Waals surface area contributed by atoms with Gasteiger partial charge in [-0.3, -0.25) is 4.79 Å². The zero-order valence-corrected chi connectivity index (χ0v) is 14.7. The molecule has 25 heavy (non-hydrogen) atoms. The minimum Gasteiger partial charge on any atom is -0.340 e. The molecule has 0 aliphatic rings. The summed E-state index contributed by atoms with van der Waals surface area (Å²) < 4.78 is 0. The summed E-state index contributed by atoms with van der Waals surface area (Å²) in [5, 5.41) is 5.32. The van der Waals surface area contributed by atoms with E-state index in [-0.39, 0.29) is 11.8 Å². The molecule has 0 radical (unpaired) electrons. The van der Waals surface area contributed by atoms with Gasteiger partial charge >= 0.3 is 0 Å². The maximum Gasteiger partial charge on any atom is 0.228 e. The number of fused-ring (bicyclic) bond motifs is 1. The van der Waals surface area contributed by atoms with Gasteiger partial charge in [-0.25, -0.2) is 0 Å². The summed E-state index contributed by atoms with van der Waals surface area (Å²) in [4.78, 5) is 12.5. The Hall–Kier alpha value is -2.65. The van der Waals surface area contributed by atoms with Crippen LogP contribution in [0.1, 0.15) is 29.5 Å². The monoisotopic (exact) mass is 332 g/mol. The summed E-state index contributed by atoms with van der Waals surface area (Å²) in [6.45, 7) is 3.94. The second-order valence-electron chi connectivity index (χ2n) is 6.63. The summed E-state index contributed by atoms with van der Waals surface area (Å²) in [7, 11) is 0. The number of aryl methyl sites for hydroxylation is 1. The van der Waals surface area contributed by atoms with Crippen LogP contribution < -0.4 is 11.1 Å². The Morgan fingerprint density at radius 3 is 2.40 bits per heavy atom. The predicted molar refractivity (Wildman–Crippen MR) is 103 cm³/mol. The number of carbonyl (C=O) groups is 1. The number of nitrogens with two attached hydrogens (primary N) is 1. The van der Waals surface area contributed by atoms with Crippen molar-refractivity contribution in [3.63, 3.8) is 0 Å². The fourth-order valence-corrected chi connectivity index (χ4v) is 2.98. The molecule has 3 aromatic carbocycles. The molecule has 0 saturated carbocycles. The second kappa shape index (κ2) is 7.49. The number of benzene rings is 3. The predicted octanol–water partition coefficient (Wildman–Crippen LogP) is 3.90. The van der Waals surface area contributed by atoms with Crippen LogP contribution in [-0.2, 0) is 11.2 Å². The third-order valence-electron chi connectivity index (χ3n) is 4.57. The van der Waals surface area contributed by atoms with Crippen molar-refractivity contribution in [2.75, 3.05) is 0 Å². The topological polar surface area (TPSA) is 55.1 Å². The van der Waals surface area contributed by atoms with Crippen LogP contribution in [0.25, 0.3) is 10.8 Å². The average Bonchev–Trinajstić information content (AvgIpc) is 2.61. The molecule has 0 aliphatic heterocycles. The van der Waals surface area contributed by atoms with E-state index in [0.717, 1.165) is 11.1 Å². The molecular weight excluding hydrogens is 308 g/mol. The molecule has 0 aliphatic carbocycles. The van der Waals surface area contributed by atoms with Gasteiger partial charge in [0.15, 0.2) is 0 Å². The van der Waals surface area contributed by atoms with Gasteiger partial charge in [0.2, 0.25) is 5.91 Å². The smallest absolute Gasteiger partial charge is 0.228 e. The molecule has 2 unspecified atom stereocenters. The first kappa shape index (κ1) is 17.2. The quantitative estimate of drug-likeness (QED) is 0.696. The molecular formula is C22H24N2O. The van der Waals surface area contributed by atoms with E-state index in [1.807, 2.05) is 50.2 Å². The van der Waals surface area contributed by atoms with Crippen molar-refractivity contribution in [2.24, 2.45) is 5.73 Å². The molecule has 0 fully saturated rings. The van der Waals surface area contributed by atoms with Crippen molar-refractivity contribution in [1.29, 1.82) is 0 Å². The van der Waals surface area contributed by atoms with Gasteiger partial charge in [-0.2, -0.15) is 0 Å². The van der Waals surface area contributed by atoms with E-state index < -0.39 is 6.17 Å². The lowest BCUT2D eigenvalue weighted by Gasteiger charge is -2.18. The van der Waals surface area contributed by atoms with Gasteiger partial charge in [0, 0.05) is 6.42 Å². The van der Waals surface area contributed by atoms with Gasteiger partial charge in [0.1, 0.15) is 0 Å². The lowest BCUT2D eigenvalue weighted by Crippen LogP contribution is -2.44. The third-order valence-corrected chi connectivity index (χ3v) is 4.57. The molecule has 2 atom stereocenters. The van der Waals surface area contributed by atoms with E-state index in [2.05, 4.69) is 35.6 Å².